The number of fused-ring (bicyclic) bond motifs is 1. The van der Waals surface area contributed by atoms with Crippen LogP contribution < -0.4 is 0 Å². The molecule has 0 spiro atoms. The molecule has 0 atom stereocenters. The molecule has 0 unspecified atom stereocenters. The topological polar surface area (TPSA) is 65.6 Å². The smallest absolute Gasteiger partial charge is 0.139 e. The van der Waals surface area contributed by atoms with Gasteiger partial charge in [0, 0.05) is 11.1 Å². The van der Waals surface area contributed by atoms with Crippen molar-refractivity contribution in [3.8, 4) is 28.8 Å². The van der Waals surface area contributed by atoms with Crippen molar-refractivity contribution in [3.05, 3.63) is 66.4 Å². The maximum atomic E-state index is 9.17. The summed E-state index contributed by atoms with van der Waals surface area (Å²) in [6.45, 7) is 0. The molecule has 4 heteroatoms. The number of nitrogens with one attached hydrogen (secondary N) is 1. The molecule has 4 rings (SSSR count). The Labute approximate surface area is 126 Å². The van der Waals surface area contributed by atoms with Gasteiger partial charge >= 0.3 is 0 Å². The predicted molar refractivity (Wildman–Crippen MR) is 83.9 cm³/mol. The van der Waals surface area contributed by atoms with Crippen LogP contribution in [-0.4, -0.2) is 9.97 Å². The summed E-state index contributed by atoms with van der Waals surface area (Å²) in [5.41, 5.74) is 4.20. The molecule has 104 valence electrons. The molecule has 0 aliphatic heterocycles. The van der Waals surface area contributed by atoms with Gasteiger partial charge in [-0.05, 0) is 42.5 Å². The Bertz CT molecular complexity index is 958. The molecule has 0 radical (unpaired) electrons. The number of hydrogen-bond acceptors (Lipinski definition) is 3. The van der Waals surface area contributed by atoms with Gasteiger partial charge in [0.1, 0.15) is 11.6 Å². The summed E-state index contributed by atoms with van der Waals surface area (Å²) in [5.74, 6) is 1.48. The van der Waals surface area contributed by atoms with E-state index < -0.39 is 0 Å². The normalized spacial score (nSPS) is 10.7. The summed E-state index contributed by atoms with van der Waals surface area (Å²) >= 11 is 0. The van der Waals surface area contributed by atoms with Crippen molar-refractivity contribution in [2.75, 3.05) is 0 Å². The molecule has 0 saturated heterocycles. The summed E-state index contributed by atoms with van der Waals surface area (Å²) in [6.07, 6.45) is 1.63. The van der Waals surface area contributed by atoms with Crippen LogP contribution in [0, 0.1) is 11.3 Å². The largest absolute Gasteiger partial charge is 0.464 e. The second kappa shape index (κ2) is 4.90. The lowest BCUT2D eigenvalue weighted by Gasteiger charge is -2.05. The zero-order valence-electron chi connectivity index (χ0n) is 11.6. The maximum Gasteiger partial charge on any atom is 0.139 e. The second-order valence-corrected chi connectivity index (χ2v) is 4.95. The van der Waals surface area contributed by atoms with Gasteiger partial charge in [-0.3, -0.25) is 0 Å². The number of imidazole rings is 1. The van der Waals surface area contributed by atoms with Crippen molar-refractivity contribution >= 4 is 11.0 Å². The first-order valence-electron chi connectivity index (χ1n) is 6.88. The maximum absolute atomic E-state index is 9.17. The Kier molecular flexibility index (Phi) is 2.77. The van der Waals surface area contributed by atoms with E-state index in [9.17, 15) is 0 Å². The van der Waals surface area contributed by atoms with E-state index in [0.717, 1.165) is 33.7 Å². The summed E-state index contributed by atoms with van der Waals surface area (Å²) in [6, 6.07) is 19.3. The Morgan fingerprint density at radius 2 is 1.91 bits per heavy atom. The fraction of sp³-hybridized carbons (Fsp3) is 0. The first kappa shape index (κ1) is 12.4. The summed E-state index contributed by atoms with van der Waals surface area (Å²) in [7, 11) is 0. The van der Waals surface area contributed by atoms with E-state index in [0.29, 0.717) is 5.56 Å². The molecule has 0 fully saturated rings. The van der Waals surface area contributed by atoms with Crippen molar-refractivity contribution in [1.29, 1.82) is 5.26 Å². The van der Waals surface area contributed by atoms with Crippen LogP contribution >= 0.6 is 0 Å². The van der Waals surface area contributed by atoms with Gasteiger partial charge in [-0.25, -0.2) is 4.98 Å². The average Bonchev–Trinajstić information content (AvgIpc) is 3.23. The van der Waals surface area contributed by atoms with Gasteiger partial charge in [0.15, 0.2) is 0 Å². The third kappa shape index (κ3) is 1.97. The molecular weight excluding hydrogens is 274 g/mol. The minimum atomic E-state index is 0.589. The fourth-order valence-corrected chi connectivity index (χ4v) is 2.54. The number of furan rings is 1. The SMILES string of the molecule is N#Cc1ccc(-c2ccco2)c(-c2nc3ccccc3[nH]2)c1. The van der Waals surface area contributed by atoms with Crippen molar-refractivity contribution in [2.45, 2.75) is 0 Å². The summed E-state index contributed by atoms with van der Waals surface area (Å²) in [4.78, 5) is 7.93. The summed E-state index contributed by atoms with van der Waals surface area (Å²) in [5, 5.41) is 9.17. The van der Waals surface area contributed by atoms with Gasteiger partial charge in [-0.1, -0.05) is 12.1 Å². The molecule has 0 aliphatic carbocycles. The van der Waals surface area contributed by atoms with Crippen molar-refractivity contribution in [1.82, 2.24) is 9.97 Å². The Morgan fingerprint density at radius 1 is 1.00 bits per heavy atom. The highest BCUT2D eigenvalue weighted by molar-refractivity contribution is 5.85. The number of hydrogen-bond donors (Lipinski definition) is 1. The van der Waals surface area contributed by atoms with Crippen molar-refractivity contribution < 1.29 is 4.42 Å². The van der Waals surface area contributed by atoms with E-state index in [2.05, 4.69) is 16.0 Å². The van der Waals surface area contributed by atoms with Gasteiger partial charge < -0.3 is 9.40 Å². The molecule has 2 heterocycles. The molecule has 0 saturated carbocycles. The zero-order chi connectivity index (χ0) is 14.9. The molecule has 22 heavy (non-hydrogen) atoms. The van der Waals surface area contributed by atoms with Crippen LogP contribution in [0.4, 0.5) is 0 Å². The zero-order valence-corrected chi connectivity index (χ0v) is 11.6. The van der Waals surface area contributed by atoms with E-state index in [4.69, 9.17) is 9.68 Å². The van der Waals surface area contributed by atoms with Gasteiger partial charge in [-0.2, -0.15) is 5.26 Å². The monoisotopic (exact) mass is 285 g/mol. The predicted octanol–water partition coefficient (Wildman–Crippen LogP) is 4.36. The molecule has 4 aromatic rings. The molecule has 4 nitrogen and oxygen atoms in total. The van der Waals surface area contributed by atoms with Gasteiger partial charge in [0.25, 0.3) is 0 Å². The van der Waals surface area contributed by atoms with Crippen molar-refractivity contribution in [3.63, 3.8) is 0 Å². The lowest BCUT2D eigenvalue weighted by atomic mass is 10.0. The lowest BCUT2D eigenvalue weighted by Crippen LogP contribution is -1.88. The highest BCUT2D eigenvalue weighted by Gasteiger charge is 2.14. The number of nitriles is 1. The van der Waals surface area contributed by atoms with E-state index in [1.165, 1.54) is 0 Å². The number of H-pyrrole nitrogens is 1. The fourth-order valence-electron chi connectivity index (χ4n) is 2.54. The first-order chi connectivity index (χ1) is 10.8. The van der Waals surface area contributed by atoms with Crippen LogP contribution in [0.5, 0.6) is 0 Å². The highest BCUT2D eigenvalue weighted by atomic mass is 16.3. The van der Waals surface area contributed by atoms with Gasteiger partial charge in [0.2, 0.25) is 0 Å². The number of aromatic amines is 1. The molecule has 0 bridgehead atoms. The van der Waals surface area contributed by atoms with Crippen LogP contribution in [0.2, 0.25) is 0 Å². The van der Waals surface area contributed by atoms with Crippen LogP contribution in [0.3, 0.4) is 0 Å². The molecular formula is C18H11N3O. The van der Waals surface area contributed by atoms with Crippen LogP contribution in [0.25, 0.3) is 33.7 Å². The van der Waals surface area contributed by atoms with Crippen molar-refractivity contribution in [2.24, 2.45) is 0 Å². The van der Waals surface area contributed by atoms with E-state index >= 15 is 0 Å². The molecule has 2 aromatic heterocycles. The lowest BCUT2D eigenvalue weighted by molar-refractivity contribution is 0.582. The van der Waals surface area contributed by atoms with E-state index in [-0.39, 0.29) is 0 Å². The third-order valence-corrected chi connectivity index (χ3v) is 3.58. The minimum Gasteiger partial charge on any atom is -0.464 e. The third-order valence-electron chi connectivity index (χ3n) is 3.58. The number of para-hydroxylation sites is 2. The second-order valence-electron chi connectivity index (χ2n) is 4.95. The Morgan fingerprint density at radius 3 is 2.68 bits per heavy atom. The molecule has 1 N–H and O–H groups in total. The van der Waals surface area contributed by atoms with Crippen LogP contribution in [-0.2, 0) is 0 Å². The summed E-state index contributed by atoms with van der Waals surface area (Å²) < 4.78 is 5.50. The number of benzene rings is 2. The Hall–Kier alpha value is -3.32. The van der Waals surface area contributed by atoms with E-state index in [1.807, 2.05) is 48.5 Å². The minimum absolute atomic E-state index is 0.589. The quantitative estimate of drug-likeness (QED) is 0.595. The average molecular weight is 285 g/mol. The number of nitrogens with zero attached hydrogens (tertiary/aromatic N) is 2. The standard InChI is InChI=1S/C18H11N3O/c19-11-12-7-8-13(17-6-3-9-22-17)14(10-12)18-20-15-4-1-2-5-16(15)21-18/h1-10H,(H,20,21). The number of aromatic nitrogens is 2. The van der Waals surface area contributed by atoms with Gasteiger partial charge in [0.05, 0.1) is 28.9 Å². The first-order valence-corrected chi connectivity index (χ1v) is 6.88. The molecule has 0 aliphatic rings. The number of rotatable bonds is 2. The van der Waals surface area contributed by atoms with Gasteiger partial charge in [-0.15, -0.1) is 0 Å². The molecule has 2 aromatic carbocycles. The highest BCUT2D eigenvalue weighted by Crippen LogP contribution is 2.32. The Balaban J connectivity index is 1.98. The van der Waals surface area contributed by atoms with Crippen LogP contribution in [0.15, 0.2) is 65.3 Å². The molecule has 0 amide bonds. The van der Waals surface area contributed by atoms with E-state index in [1.54, 1.807) is 12.3 Å². The van der Waals surface area contributed by atoms with Crippen LogP contribution in [0.1, 0.15) is 5.56 Å².